The molecule has 21 heavy (non-hydrogen) atoms. The molecule has 1 aromatic heterocycles. The van der Waals surface area contributed by atoms with Crippen molar-refractivity contribution in [1.82, 2.24) is 4.57 Å². The molecule has 114 valence electrons. The molecule has 4 heteroatoms. The minimum atomic E-state index is -0.188. The second-order valence-corrected chi connectivity index (χ2v) is 5.09. The van der Waals surface area contributed by atoms with Crippen molar-refractivity contribution >= 4 is 16.9 Å². The topological polar surface area (TPSA) is 40.5 Å². The smallest absolute Gasteiger partial charge is 0.325 e. The molecule has 0 fully saturated rings. The summed E-state index contributed by atoms with van der Waals surface area (Å²) in [6.45, 7) is 5.63. The number of unbranched alkanes of at least 4 members (excludes halogenated alkanes) is 1. The third-order valence-corrected chi connectivity index (χ3v) is 3.28. The van der Waals surface area contributed by atoms with E-state index in [2.05, 4.69) is 13.8 Å². The number of aromatic nitrogens is 1. The minimum Gasteiger partial charge on any atom is -0.494 e. The maximum atomic E-state index is 11.8. The van der Waals surface area contributed by atoms with Gasteiger partial charge in [-0.05, 0) is 37.1 Å². The summed E-state index contributed by atoms with van der Waals surface area (Å²) in [5, 5.41) is 1.07. The molecule has 0 bridgehead atoms. The van der Waals surface area contributed by atoms with Crippen LogP contribution >= 0.6 is 0 Å². The van der Waals surface area contributed by atoms with Gasteiger partial charge in [0.2, 0.25) is 0 Å². The van der Waals surface area contributed by atoms with E-state index in [-0.39, 0.29) is 12.5 Å². The largest absolute Gasteiger partial charge is 0.494 e. The summed E-state index contributed by atoms with van der Waals surface area (Å²) in [7, 11) is 0. The molecule has 0 saturated heterocycles. The van der Waals surface area contributed by atoms with E-state index >= 15 is 0 Å². The van der Waals surface area contributed by atoms with Crippen LogP contribution in [0.1, 0.15) is 33.1 Å². The van der Waals surface area contributed by atoms with E-state index in [1.165, 1.54) is 0 Å². The molecule has 0 aliphatic carbocycles. The van der Waals surface area contributed by atoms with Gasteiger partial charge in [0, 0.05) is 17.1 Å². The van der Waals surface area contributed by atoms with E-state index in [0.717, 1.165) is 42.5 Å². The van der Waals surface area contributed by atoms with Crippen molar-refractivity contribution in [3.8, 4) is 5.75 Å². The average Bonchev–Trinajstić information content (AvgIpc) is 2.88. The molecule has 0 atom stereocenters. The second kappa shape index (κ2) is 7.72. The lowest BCUT2D eigenvalue weighted by atomic mass is 10.2. The molecule has 4 nitrogen and oxygen atoms in total. The predicted molar refractivity (Wildman–Crippen MR) is 83.6 cm³/mol. The lowest BCUT2D eigenvalue weighted by Crippen LogP contribution is -2.13. The van der Waals surface area contributed by atoms with E-state index in [1.54, 1.807) is 0 Å². The summed E-state index contributed by atoms with van der Waals surface area (Å²) < 4.78 is 12.7. The average molecular weight is 289 g/mol. The van der Waals surface area contributed by atoms with E-state index in [4.69, 9.17) is 9.47 Å². The van der Waals surface area contributed by atoms with Gasteiger partial charge in [-0.15, -0.1) is 0 Å². The number of ether oxygens (including phenoxy) is 2. The standard InChI is InChI=1S/C17H23NO3/c1-3-5-11-21-17(19)13-18-9-8-14-12-15(20-10-4-2)6-7-16(14)18/h6-9,12H,3-5,10-11,13H2,1-2H3. The Morgan fingerprint density at radius 1 is 1.14 bits per heavy atom. The molecular weight excluding hydrogens is 266 g/mol. The molecular formula is C17H23NO3. The van der Waals surface area contributed by atoms with Crippen LogP contribution in [0.4, 0.5) is 0 Å². The van der Waals surface area contributed by atoms with Crippen molar-refractivity contribution in [2.24, 2.45) is 0 Å². The summed E-state index contributed by atoms with van der Waals surface area (Å²) >= 11 is 0. The Labute approximate surface area is 125 Å². The molecule has 0 aliphatic heterocycles. The van der Waals surface area contributed by atoms with Gasteiger partial charge in [-0.1, -0.05) is 20.3 Å². The summed E-state index contributed by atoms with van der Waals surface area (Å²) in [6, 6.07) is 7.92. The minimum absolute atomic E-state index is 0.188. The molecule has 0 unspecified atom stereocenters. The molecule has 0 spiro atoms. The number of fused-ring (bicyclic) bond motifs is 1. The Hall–Kier alpha value is -1.97. The van der Waals surface area contributed by atoms with Crippen molar-refractivity contribution in [1.29, 1.82) is 0 Å². The summed E-state index contributed by atoms with van der Waals surface area (Å²) in [6.07, 6.45) is 4.84. The lowest BCUT2D eigenvalue weighted by Gasteiger charge is -2.07. The van der Waals surface area contributed by atoms with Crippen molar-refractivity contribution in [3.63, 3.8) is 0 Å². The van der Waals surface area contributed by atoms with Crippen molar-refractivity contribution < 1.29 is 14.3 Å². The van der Waals surface area contributed by atoms with Crippen LogP contribution in [0.15, 0.2) is 30.5 Å². The first-order valence-electron chi connectivity index (χ1n) is 7.62. The zero-order chi connectivity index (χ0) is 15.1. The second-order valence-electron chi connectivity index (χ2n) is 5.09. The summed E-state index contributed by atoms with van der Waals surface area (Å²) in [5.41, 5.74) is 1.02. The monoisotopic (exact) mass is 289 g/mol. The summed E-state index contributed by atoms with van der Waals surface area (Å²) in [5.74, 6) is 0.680. The molecule has 0 radical (unpaired) electrons. The van der Waals surface area contributed by atoms with Gasteiger partial charge in [-0.2, -0.15) is 0 Å². The molecule has 0 aliphatic rings. The third-order valence-electron chi connectivity index (χ3n) is 3.28. The van der Waals surface area contributed by atoms with Crippen LogP contribution < -0.4 is 4.74 Å². The fourth-order valence-corrected chi connectivity index (χ4v) is 2.14. The first kappa shape index (κ1) is 15.4. The molecule has 1 heterocycles. The molecule has 0 amide bonds. The van der Waals surface area contributed by atoms with E-state index in [9.17, 15) is 4.79 Å². The molecule has 0 N–H and O–H groups in total. The van der Waals surface area contributed by atoms with Crippen molar-refractivity contribution in [3.05, 3.63) is 30.5 Å². The van der Waals surface area contributed by atoms with Gasteiger partial charge in [-0.3, -0.25) is 4.79 Å². The fraction of sp³-hybridized carbons (Fsp3) is 0.471. The maximum Gasteiger partial charge on any atom is 0.325 e. The highest BCUT2D eigenvalue weighted by Crippen LogP contribution is 2.22. The Balaban J connectivity index is 2.02. The third kappa shape index (κ3) is 4.25. The highest BCUT2D eigenvalue weighted by molar-refractivity contribution is 5.83. The van der Waals surface area contributed by atoms with E-state index in [1.807, 2.05) is 35.0 Å². The number of carbonyl (C=O) groups excluding carboxylic acids is 1. The van der Waals surface area contributed by atoms with Gasteiger partial charge in [0.15, 0.2) is 0 Å². The van der Waals surface area contributed by atoms with Crippen LogP contribution in [-0.4, -0.2) is 23.8 Å². The zero-order valence-electron chi connectivity index (χ0n) is 12.8. The lowest BCUT2D eigenvalue weighted by molar-refractivity contribution is -0.144. The fourth-order valence-electron chi connectivity index (χ4n) is 2.14. The number of hydrogen-bond acceptors (Lipinski definition) is 3. The SMILES string of the molecule is CCCCOC(=O)Cn1ccc2cc(OCCC)ccc21. The quantitative estimate of drug-likeness (QED) is 0.548. The molecule has 1 aromatic carbocycles. The Morgan fingerprint density at radius 3 is 2.76 bits per heavy atom. The number of rotatable bonds is 8. The van der Waals surface area contributed by atoms with Gasteiger partial charge in [0.1, 0.15) is 12.3 Å². The van der Waals surface area contributed by atoms with Gasteiger partial charge in [-0.25, -0.2) is 0 Å². The maximum absolute atomic E-state index is 11.8. The van der Waals surface area contributed by atoms with Gasteiger partial charge >= 0.3 is 5.97 Å². The van der Waals surface area contributed by atoms with Crippen LogP contribution in [0.25, 0.3) is 10.9 Å². The number of nitrogens with zero attached hydrogens (tertiary/aromatic N) is 1. The molecule has 0 saturated carbocycles. The Morgan fingerprint density at radius 2 is 2.00 bits per heavy atom. The highest BCUT2D eigenvalue weighted by Gasteiger charge is 2.08. The highest BCUT2D eigenvalue weighted by atomic mass is 16.5. The first-order chi connectivity index (χ1) is 10.2. The van der Waals surface area contributed by atoms with Crippen LogP contribution in [0.3, 0.4) is 0 Å². The van der Waals surface area contributed by atoms with E-state index < -0.39 is 0 Å². The van der Waals surface area contributed by atoms with Crippen molar-refractivity contribution in [2.75, 3.05) is 13.2 Å². The number of esters is 1. The molecule has 2 rings (SSSR count). The number of benzene rings is 1. The van der Waals surface area contributed by atoms with Crippen LogP contribution in [0.5, 0.6) is 5.75 Å². The molecule has 2 aromatic rings. The van der Waals surface area contributed by atoms with Crippen LogP contribution in [0, 0.1) is 0 Å². The number of carbonyl (C=O) groups is 1. The predicted octanol–water partition coefficient (Wildman–Crippen LogP) is 3.77. The van der Waals surface area contributed by atoms with Crippen LogP contribution in [0.2, 0.25) is 0 Å². The van der Waals surface area contributed by atoms with E-state index in [0.29, 0.717) is 6.61 Å². The first-order valence-corrected chi connectivity index (χ1v) is 7.62. The Kier molecular flexibility index (Phi) is 5.67. The van der Waals surface area contributed by atoms with Gasteiger partial charge in [0.25, 0.3) is 0 Å². The van der Waals surface area contributed by atoms with Gasteiger partial charge < -0.3 is 14.0 Å². The number of hydrogen-bond donors (Lipinski definition) is 0. The van der Waals surface area contributed by atoms with Crippen LogP contribution in [-0.2, 0) is 16.1 Å². The summed E-state index contributed by atoms with van der Waals surface area (Å²) in [4.78, 5) is 11.8. The van der Waals surface area contributed by atoms with Gasteiger partial charge in [0.05, 0.1) is 13.2 Å². The Bertz CT molecular complexity index is 589. The normalized spacial score (nSPS) is 10.8. The van der Waals surface area contributed by atoms with Crippen molar-refractivity contribution in [2.45, 2.75) is 39.7 Å². The zero-order valence-corrected chi connectivity index (χ0v) is 12.8.